The van der Waals surface area contributed by atoms with Crippen molar-refractivity contribution in [3.05, 3.63) is 0 Å². The van der Waals surface area contributed by atoms with Gasteiger partial charge in [-0.25, -0.2) is 0 Å². The van der Waals surface area contributed by atoms with Gasteiger partial charge in [-0.05, 0) is 19.4 Å². The second-order valence-electron chi connectivity index (χ2n) is 3.59. The van der Waals surface area contributed by atoms with Crippen LogP contribution in [0.1, 0.15) is 12.8 Å². The van der Waals surface area contributed by atoms with Crippen molar-refractivity contribution in [3.8, 4) is 0 Å². The van der Waals surface area contributed by atoms with E-state index in [0.717, 1.165) is 44.0 Å². The summed E-state index contributed by atoms with van der Waals surface area (Å²) in [5.74, 6) is 2.55. The van der Waals surface area contributed by atoms with Crippen LogP contribution in [0.4, 0.5) is 0 Å². The highest BCUT2D eigenvalue weighted by Crippen LogP contribution is 2.13. The van der Waals surface area contributed by atoms with Crippen molar-refractivity contribution in [3.63, 3.8) is 0 Å². The van der Waals surface area contributed by atoms with E-state index in [1.54, 1.807) is 0 Å². The number of carbonyl (C=O) groups excluding carboxylic acids is 1. The first-order valence-corrected chi connectivity index (χ1v) is 6.13. The number of nitrogens with zero attached hydrogens (tertiary/aromatic N) is 1. The zero-order chi connectivity index (χ0) is 9.10. The van der Waals surface area contributed by atoms with Crippen molar-refractivity contribution < 1.29 is 4.79 Å². The molecule has 2 aliphatic heterocycles. The molecule has 3 nitrogen and oxygen atoms in total. The first-order valence-electron chi connectivity index (χ1n) is 4.98. The van der Waals surface area contributed by atoms with Gasteiger partial charge < -0.3 is 10.2 Å². The second-order valence-corrected chi connectivity index (χ2v) is 4.81. The summed E-state index contributed by atoms with van der Waals surface area (Å²) in [6, 6.07) is 0.128. The zero-order valence-electron chi connectivity index (χ0n) is 8.20. The molecule has 82 valence electrons. The topological polar surface area (TPSA) is 32.3 Å². The average molecular weight is 237 g/mol. The summed E-state index contributed by atoms with van der Waals surface area (Å²) in [7, 11) is 0. The van der Waals surface area contributed by atoms with Crippen molar-refractivity contribution in [2.24, 2.45) is 0 Å². The van der Waals surface area contributed by atoms with Crippen LogP contribution in [0.15, 0.2) is 0 Å². The van der Waals surface area contributed by atoms with Crippen LogP contribution in [0.25, 0.3) is 0 Å². The van der Waals surface area contributed by atoms with E-state index >= 15 is 0 Å². The fourth-order valence-electron chi connectivity index (χ4n) is 1.90. The first kappa shape index (κ1) is 12.1. The minimum absolute atomic E-state index is 0. The minimum atomic E-state index is 0. The molecule has 0 aromatic rings. The van der Waals surface area contributed by atoms with Crippen molar-refractivity contribution in [1.82, 2.24) is 10.2 Å². The van der Waals surface area contributed by atoms with Crippen LogP contribution in [0.3, 0.4) is 0 Å². The summed E-state index contributed by atoms with van der Waals surface area (Å²) in [5, 5.41) is 3.26. The van der Waals surface area contributed by atoms with Gasteiger partial charge in [0, 0.05) is 24.6 Å². The molecule has 0 unspecified atom stereocenters. The molecule has 0 spiro atoms. The Morgan fingerprint density at radius 1 is 1.36 bits per heavy atom. The van der Waals surface area contributed by atoms with Crippen molar-refractivity contribution in [2.75, 3.05) is 31.1 Å². The predicted octanol–water partition coefficient (Wildman–Crippen LogP) is 0.736. The fourth-order valence-corrected chi connectivity index (χ4v) is 2.80. The van der Waals surface area contributed by atoms with Crippen LogP contribution in [-0.2, 0) is 4.79 Å². The number of hydrogen-bond donors (Lipinski definition) is 1. The number of carbonyl (C=O) groups is 1. The van der Waals surface area contributed by atoms with E-state index in [2.05, 4.69) is 5.32 Å². The SMILES string of the molecule is Cl.O=C([C@@H]1CCCN1)N1CCSCC1. The number of amides is 1. The highest BCUT2D eigenvalue weighted by molar-refractivity contribution is 7.99. The molecule has 0 aromatic heterocycles. The summed E-state index contributed by atoms with van der Waals surface area (Å²) in [6.07, 6.45) is 2.18. The highest BCUT2D eigenvalue weighted by Gasteiger charge is 2.27. The van der Waals surface area contributed by atoms with E-state index in [4.69, 9.17) is 0 Å². The maximum absolute atomic E-state index is 11.9. The molecule has 0 aliphatic carbocycles. The van der Waals surface area contributed by atoms with Gasteiger partial charge in [0.15, 0.2) is 0 Å². The number of rotatable bonds is 1. The van der Waals surface area contributed by atoms with Gasteiger partial charge in [-0.3, -0.25) is 4.79 Å². The lowest BCUT2D eigenvalue weighted by molar-refractivity contribution is -0.132. The first-order chi connectivity index (χ1) is 6.38. The number of thioether (sulfide) groups is 1. The fraction of sp³-hybridized carbons (Fsp3) is 0.889. The van der Waals surface area contributed by atoms with Crippen molar-refractivity contribution >= 4 is 30.1 Å². The van der Waals surface area contributed by atoms with Gasteiger partial charge in [0.05, 0.1) is 6.04 Å². The number of hydrogen-bond acceptors (Lipinski definition) is 3. The maximum atomic E-state index is 11.9. The standard InChI is InChI=1S/C9H16N2OS.ClH/c12-9(8-2-1-3-10-8)11-4-6-13-7-5-11;/h8,10H,1-7H2;1H/t8-;/m0./s1. The monoisotopic (exact) mass is 236 g/mol. The van der Waals surface area contributed by atoms with Gasteiger partial charge in [-0.1, -0.05) is 0 Å². The molecule has 5 heteroatoms. The molecule has 2 heterocycles. The summed E-state index contributed by atoms with van der Waals surface area (Å²) in [6.45, 7) is 2.91. The van der Waals surface area contributed by atoms with E-state index in [1.807, 2.05) is 16.7 Å². The molecule has 0 radical (unpaired) electrons. The van der Waals surface area contributed by atoms with Gasteiger partial charge >= 0.3 is 0 Å². The smallest absolute Gasteiger partial charge is 0.239 e. The van der Waals surface area contributed by atoms with Gasteiger partial charge in [0.1, 0.15) is 0 Å². The lowest BCUT2D eigenvalue weighted by Gasteiger charge is -2.28. The molecule has 0 saturated carbocycles. The normalized spacial score (nSPS) is 27.1. The lowest BCUT2D eigenvalue weighted by Crippen LogP contribution is -2.46. The third kappa shape index (κ3) is 2.78. The molecular weight excluding hydrogens is 220 g/mol. The second kappa shape index (κ2) is 5.83. The Balaban J connectivity index is 0.000000980. The Morgan fingerprint density at radius 2 is 2.07 bits per heavy atom. The molecule has 1 atom stereocenters. The van der Waals surface area contributed by atoms with Crippen LogP contribution < -0.4 is 5.32 Å². The Bertz CT molecular complexity index is 191. The average Bonchev–Trinajstić information content (AvgIpc) is 2.71. The predicted molar refractivity (Wildman–Crippen MR) is 62.2 cm³/mol. The quantitative estimate of drug-likeness (QED) is 0.729. The summed E-state index contributed by atoms with van der Waals surface area (Å²) in [5.41, 5.74) is 0. The molecule has 14 heavy (non-hydrogen) atoms. The number of nitrogens with one attached hydrogen (secondary N) is 1. The number of halogens is 1. The summed E-state index contributed by atoms with van der Waals surface area (Å²) in [4.78, 5) is 13.9. The molecule has 2 rings (SSSR count). The van der Waals surface area contributed by atoms with Crippen LogP contribution in [0, 0.1) is 0 Å². The molecule has 2 saturated heterocycles. The lowest BCUT2D eigenvalue weighted by atomic mass is 10.2. The zero-order valence-corrected chi connectivity index (χ0v) is 9.83. The van der Waals surface area contributed by atoms with Crippen LogP contribution >= 0.6 is 24.2 Å². The Morgan fingerprint density at radius 3 is 2.64 bits per heavy atom. The molecule has 1 amide bonds. The van der Waals surface area contributed by atoms with Gasteiger partial charge in [0.25, 0.3) is 0 Å². The Labute approximate surface area is 95.4 Å². The van der Waals surface area contributed by atoms with E-state index in [-0.39, 0.29) is 18.4 Å². The summed E-state index contributed by atoms with van der Waals surface area (Å²) >= 11 is 1.94. The summed E-state index contributed by atoms with van der Waals surface area (Å²) < 4.78 is 0. The largest absolute Gasteiger partial charge is 0.340 e. The van der Waals surface area contributed by atoms with Gasteiger partial charge in [-0.15, -0.1) is 12.4 Å². The molecule has 0 aromatic carbocycles. The molecule has 1 N–H and O–H groups in total. The van der Waals surface area contributed by atoms with E-state index in [1.165, 1.54) is 0 Å². The van der Waals surface area contributed by atoms with E-state index in [9.17, 15) is 4.79 Å². The Kier molecular flexibility index (Phi) is 5.06. The van der Waals surface area contributed by atoms with E-state index < -0.39 is 0 Å². The van der Waals surface area contributed by atoms with Crippen LogP contribution in [0.5, 0.6) is 0 Å². The molecule has 0 bridgehead atoms. The Hall–Kier alpha value is 0.0700. The third-order valence-electron chi connectivity index (χ3n) is 2.68. The molecular formula is C9H17ClN2OS. The highest BCUT2D eigenvalue weighted by atomic mass is 35.5. The molecule has 2 aliphatic rings. The van der Waals surface area contributed by atoms with Gasteiger partial charge in [0.2, 0.25) is 5.91 Å². The third-order valence-corrected chi connectivity index (χ3v) is 3.62. The van der Waals surface area contributed by atoms with Gasteiger partial charge in [-0.2, -0.15) is 11.8 Å². The van der Waals surface area contributed by atoms with Crippen LogP contribution in [-0.4, -0.2) is 48.0 Å². The molecule has 2 fully saturated rings. The van der Waals surface area contributed by atoms with E-state index in [0.29, 0.717) is 5.91 Å². The van der Waals surface area contributed by atoms with Crippen LogP contribution in [0.2, 0.25) is 0 Å². The minimum Gasteiger partial charge on any atom is -0.340 e. The van der Waals surface area contributed by atoms with Crippen molar-refractivity contribution in [1.29, 1.82) is 0 Å². The van der Waals surface area contributed by atoms with Crippen molar-refractivity contribution in [2.45, 2.75) is 18.9 Å². The maximum Gasteiger partial charge on any atom is 0.239 e.